The van der Waals surface area contributed by atoms with E-state index in [1.165, 1.54) is 19.3 Å². The highest BCUT2D eigenvalue weighted by atomic mass is 16.5. The average molecular weight is 308 g/mol. The Morgan fingerprint density at radius 2 is 1.59 bits per heavy atom. The number of carbonyl (C=O) groups is 1. The van der Waals surface area contributed by atoms with Crippen molar-refractivity contribution in [3.05, 3.63) is 12.1 Å². The van der Waals surface area contributed by atoms with E-state index in [1.807, 2.05) is 0 Å². The molecule has 0 atom stereocenters. The first-order chi connectivity index (χ1) is 10.7. The van der Waals surface area contributed by atoms with Crippen molar-refractivity contribution >= 4 is 11.7 Å². The molecule has 0 spiro atoms. The smallest absolute Gasteiger partial charge is 0.319 e. The fourth-order valence-corrected chi connectivity index (χ4v) is 2.75. The first kappa shape index (κ1) is 16.3. The predicted octanol–water partition coefficient (Wildman–Crippen LogP) is 3.17. The van der Waals surface area contributed by atoms with Crippen LogP contribution in [0.4, 0.5) is 10.5 Å². The van der Waals surface area contributed by atoms with Crippen molar-refractivity contribution in [1.82, 2.24) is 5.32 Å². The lowest BCUT2D eigenvalue weighted by molar-refractivity contribution is 0.244. The number of ether oxygens (including phenoxy) is 3. The van der Waals surface area contributed by atoms with Crippen molar-refractivity contribution in [1.29, 1.82) is 0 Å². The molecule has 1 aliphatic rings. The summed E-state index contributed by atoms with van der Waals surface area (Å²) in [5.74, 6) is 1.52. The van der Waals surface area contributed by atoms with Gasteiger partial charge in [0.1, 0.15) is 0 Å². The first-order valence-electron chi connectivity index (χ1n) is 7.55. The van der Waals surface area contributed by atoms with Gasteiger partial charge in [0.05, 0.1) is 27.0 Å². The van der Waals surface area contributed by atoms with Gasteiger partial charge >= 0.3 is 6.03 Å². The van der Waals surface area contributed by atoms with Gasteiger partial charge in [-0.15, -0.1) is 0 Å². The third-order valence-corrected chi connectivity index (χ3v) is 3.86. The number of methoxy groups -OCH3 is 3. The molecule has 2 N–H and O–H groups in total. The maximum Gasteiger partial charge on any atom is 0.319 e. The highest BCUT2D eigenvalue weighted by molar-refractivity contribution is 5.90. The van der Waals surface area contributed by atoms with Crippen LogP contribution in [0.25, 0.3) is 0 Å². The first-order valence-corrected chi connectivity index (χ1v) is 7.55. The van der Waals surface area contributed by atoms with Gasteiger partial charge in [0, 0.05) is 18.2 Å². The van der Waals surface area contributed by atoms with Crippen molar-refractivity contribution in [3.63, 3.8) is 0 Å². The quantitative estimate of drug-likeness (QED) is 0.876. The van der Waals surface area contributed by atoms with E-state index < -0.39 is 0 Å². The number of rotatable bonds is 5. The van der Waals surface area contributed by atoms with E-state index in [-0.39, 0.29) is 12.1 Å². The van der Waals surface area contributed by atoms with E-state index in [0.717, 1.165) is 12.8 Å². The molecule has 1 aromatic carbocycles. The zero-order valence-corrected chi connectivity index (χ0v) is 13.4. The van der Waals surface area contributed by atoms with Gasteiger partial charge in [0.15, 0.2) is 11.5 Å². The summed E-state index contributed by atoms with van der Waals surface area (Å²) in [5.41, 5.74) is 0.600. The highest BCUT2D eigenvalue weighted by Crippen LogP contribution is 2.39. The summed E-state index contributed by atoms with van der Waals surface area (Å²) in [6, 6.07) is 3.47. The number of anilines is 1. The van der Waals surface area contributed by atoms with Crippen LogP contribution in [0, 0.1) is 0 Å². The van der Waals surface area contributed by atoms with Gasteiger partial charge in [-0.1, -0.05) is 19.3 Å². The molecule has 0 radical (unpaired) electrons. The Morgan fingerprint density at radius 1 is 1.00 bits per heavy atom. The lowest BCUT2D eigenvalue weighted by Gasteiger charge is -2.23. The summed E-state index contributed by atoms with van der Waals surface area (Å²) in [7, 11) is 4.63. The molecule has 0 aliphatic heterocycles. The summed E-state index contributed by atoms with van der Waals surface area (Å²) < 4.78 is 15.8. The molecule has 0 bridgehead atoms. The van der Waals surface area contributed by atoms with Gasteiger partial charge in [-0.05, 0) is 12.8 Å². The topological polar surface area (TPSA) is 68.8 Å². The van der Waals surface area contributed by atoms with Crippen LogP contribution in [-0.2, 0) is 0 Å². The molecular weight excluding hydrogens is 284 g/mol. The number of hydrogen-bond acceptors (Lipinski definition) is 4. The van der Waals surface area contributed by atoms with Crippen LogP contribution in [0.1, 0.15) is 32.1 Å². The Balaban J connectivity index is 2.06. The minimum absolute atomic E-state index is 0.207. The maximum atomic E-state index is 12.1. The van der Waals surface area contributed by atoms with Crippen LogP contribution in [0.5, 0.6) is 17.2 Å². The van der Waals surface area contributed by atoms with Crippen LogP contribution >= 0.6 is 0 Å². The number of carbonyl (C=O) groups excluding carboxylic acids is 1. The standard InChI is InChI=1S/C16H24N2O4/c1-20-13-9-12(10-14(21-2)15(13)22-3)18-16(19)17-11-7-5-4-6-8-11/h9-11H,4-8H2,1-3H3,(H2,17,18,19). The summed E-state index contributed by atoms with van der Waals surface area (Å²) in [6.45, 7) is 0. The minimum Gasteiger partial charge on any atom is -0.493 e. The normalized spacial score (nSPS) is 15.0. The van der Waals surface area contributed by atoms with Crippen LogP contribution < -0.4 is 24.8 Å². The van der Waals surface area contributed by atoms with Crippen molar-refractivity contribution in [2.75, 3.05) is 26.6 Å². The van der Waals surface area contributed by atoms with Gasteiger partial charge in [-0.2, -0.15) is 0 Å². The average Bonchev–Trinajstić information content (AvgIpc) is 2.54. The second-order valence-corrected chi connectivity index (χ2v) is 5.35. The van der Waals surface area contributed by atoms with E-state index in [1.54, 1.807) is 33.5 Å². The van der Waals surface area contributed by atoms with Gasteiger partial charge in [-0.3, -0.25) is 0 Å². The fourth-order valence-electron chi connectivity index (χ4n) is 2.75. The molecule has 122 valence electrons. The van der Waals surface area contributed by atoms with Crippen molar-refractivity contribution in [2.24, 2.45) is 0 Å². The number of hydrogen-bond donors (Lipinski definition) is 2. The number of benzene rings is 1. The molecule has 1 aromatic rings. The van der Waals surface area contributed by atoms with Gasteiger partial charge in [0.2, 0.25) is 5.75 Å². The van der Waals surface area contributed by atoms with E-state index in [9.17, 15) is 4.79 Å². The third-order valence-electron chi connectivity index (χ3n) is 3.86. The molecule has 1 aliphatic carbocycles. The minimum atomic E-state index is -0.207. The second-order valence-electron chi connectivity index (χ2n) is 5.35. The maximum absolute atomic E-state index is 12.1. The Hall–Kier alpha value is -2.11. The zero-order chi connectivity index (χ0) is 15.9. The van der Waals surface area contributed by atoms with Crippen LogP contribution in [0.15, 0.2) is 12.1 Å². The Morgan fingerprint density at radius 3 is 2.09 bits per heavy atom. The SMILES string of the molecule is COc1cc(NC(=O)NC2CCCCC2)cc(OC)c1OC. The predicted molar refractivity (Wildman–Crippen MR) is 85.1 cm³/mol. The Kier molecular flexibility index (Phi) is 5.75. The third kappa shape index (κ3) is 3.96. The van der Waals surface area contributed by atoms with E-state index in [4.69, 9.17) is 14.2 Å². The van der Waals surface area contributed by atoms with E-state index in [0.29, 0.717) is 22.9 Å². The molecule has 0 unspecified atom stereocenters. The van der Waals surface area contributed by atoms with E-state index >= 15 is 0 Å². The lowest BCUT2D eigenvalue weighted by atomic mass is 9.96. The second kappa shape index (κ2) is 7.77. The molecule has 2 amide bonds. The number of amides is 2. The van der Waals surface area contributed by atoms with Crippen molar-refractivity contribution in [2.45, 2.75) is 38.1 Å². The molecule has 22 heavy (non-hydrogen) atoms. The summed E-state index contributed by atoms with van der Waals surface area (Å²) >= 11 is 0. The van der Waals surface area contributed by atoms with Gasteiger partial charge in [-0.25, -0.2) is 4.79 Å². The van der Waals surface area contributed by atoms with Crippen LogP contribution in [-0.4, -0.2) is 33.4 Å². The number of nitrogens with one attached hydrogen (secondary N) is 2. The molecule has 0 heterocycles. The monoisotopic (exact) mass is 308 g/mol. The van der Waals surface area contributed by atoms with Gasteiger partial charge in [0.25, 0.3) is 0 Å². The molecule has 1 fully saturated rings. The Labute approximate surface area is 131 Å². The Bertz CT molecular complexity index is 488. The zero-order valence-electron chi connectivity index (χ0n) is 13.4. The summed E-state index contributed by atoms with van der Waals surface area (Å²) in [6.07, 6.45) is 5.70. The molecule has 0 saturated heterocycles. The molecule has 1 saturated carbocycles. The van der Waals surface area contributed by atoms with Gasteiger partial charge < -0.3 is 24.8 Å². The summed E-state index contributed by atoms with van der Waals surface area (Å²) in [5, 5.41) is 5.83. The molecule has 6 heteroatoms. The summed E-state index contributed by atoms with van der Waals surface area (Å²) in [4.78, 5) is 12.1. The molecule has 6 nitrogen and oxygen atoms in total. The molecule has 0 aromatic heterocycles. The van der Waals surface area contributed by atoms with Crippen molar-refractivity contribution < 1.29 is 19.0 Å². The largest absolute Gasteiger partial charge is 0.493 e. The van der Waals surface area contributed by atoms with Crippen LogP contribution in [0.2, 0.25) is 0 Å². The van der Waals surface area contributed by atoms with Crippen LogP contribution in [0.3, 0.4) is 0 Å². The lowest BCUT2D eigenvalue weighted by Crippen LogP contribution is -2.39. The molecular formula is C16H24N2O4. The number of urea groups is 1. The fraction of sp³-hybridized carbons (Fsp3) is 0.562. The highest BCUT2D eigenvalue weighted by Gasteiger charge is 2.17. The van der Waals surface area contributed by atoms with E-state index in [2.05, 4.69) is 10.6 Å². The molecule has 2 rings (SSSR count). The van der Waals surface area contributed by atoms with Crippen molar-refractivity contribution in [3.8, 4) is 17.2 Å².